The van der Waals surface area contributed by atoms with Crippen LogP contribution in [0.3, 0.4) is 0 Å². The third kappa shape index (κ3) is 4.67. The Bertz CT molecular complexity index is 864. The number of carbonyl (C=O) groups excluding carboxylic acids is 2. The van der Waals surface area contributed by atoms with Gasteiger partial charge in [-0.3, -0.25) is 9.59 Å². The topological polar surface area (TPSA) is 54.8 Å². The lowest BCUT2D eigenvalue weighted by Crippen LogP contribution is -2.49. The summed E-state index contributed by atoms with van der Waals surface area (Å²) >= 11 is 0. The van der Waals surface area contributed by atoms with Gasteiger partial charge < -0.3 is 19.1 Å². The highest BCUT2D eigenvalue weighted by Gasteiger charge is 2.34. The first-order valence-electron chi connectivity index (χ1n) is 9.88. The summed E-state index contributed by atoms with van der Waals surface area (Å²) in [6.07, 6.45) is 1.94. The molecular formula is C22H28FN3O3. The molecule has 1 atom stereocenters. The van der Waals surface area contributed by atoms with Crippen LogP contribution in [0.15, 0.2) is 42.6 Å². The molecule has 1 aromatic carbocycles. The maximum Gasteiger partial charge on any atom is 0.249 e. The molecule has 1 aliphatic heterocycles. The van der Waals surface area contributed by atoms with Crippen LogP contribution in [0.1, 0.15) is 31.1 Å². The summed E-state index contributed by atoms with van der Waals surface area (Å²) < 4.78 is 21.7. The average molecular weight is 401 g/mol. The summed E-state index contributed by atoms with van der Waals surface area (Å²) in [5, 5.41) is 0. The molecule has 0 saturated carbocycles. The largest absolute Gasteiger partial charge is 0.375 e. The van der Waals surface area contributed by atoms with E-state index in [0.717, 1.165) is 5.69 Å². The van der Waals surface area contributed by atoms with E-state index >= 15 is 0 Å². The fraction of sp³-hybridized carbons (Fsp3) is 0.455. The van der Waals surface area contributed by atoms with Crippen LogP contribution in [-0.4, -0.2) is 59.5 Å². The van der Waals surface area contributed by atoms with E-state index in [4.69, 9.17) is 4.74 Å². The highest BCUT2D eigenvalue weighted by Crippen LogP contribution is 2.33. The highest BCUT2D eigenvalue weighted by atomic mass is 19.1. The van der Waals surface area contributed by atoms with Crippen molar-refractivity contribution in [1.82, 2.24) is 14.4 Å². The van der Waals surface area contributed by atoms with Crippen molar-refractivity contribution in [2.45, 2.75) is 26.4 Å². The minimum Gasteiger partial charge on any atom is -0.375 e. The molecule has 2 amide bonds. The second kappa shape index (κ2) is 9.22. The van der Waals surface area contributed by atoms with E-state index in [1.807, 2.05) is 36.7 Å². The van der Waals surface area contributed by atoms with Crippen LogP contribution >= 0.6 is 0 Å². The van der Waals surface area contributed by atoms with Crippen molar-refractivity contribution >= 4 is 11.8 Å². The first-order chi connectivity index (χ1) is 13.9. The number of rotatable bonds is 7. The smallest absolute Gasteiger partial charge is 0.249 e. The van der Waals surface area contributed by atoms with Crippen LogP contribution in [0.2, 0.25) is 0 Å². The number of ether oxygens (including phenoxy) is 1. The second-order valence-corrected chi connectivity index (χ2v) is 7.74. The molecule has 0 fully saturated rings. The van der Waals surface area contributed by atoms with Crippen LogP contribution in [0.5, 0.6) is 0 Å². The van der Waals surface area contributed by atoms with Crippen molar-refractivity contribution in [2.75, 3.05) is 33.4 Å². The Kier molecular flexibility index (Phi) is 6.69. The molecule has 0 spiro atoms. The first kappa shape index (κ1) is 21.0. The lowest BCUT2D eigenvalue weighted by molar-refractivity contribution is -0.144. The Morgan fingerprint density at radius 3 is 2.66 bits per heavy atom. The minimum absolute atomic E-state index is 0.0496. The van der Waals surface area contributed by atoms with Crippen LogP contribution in [-0.2, 0) is 20.9 Å². The molecule has 0 radical (unpaired) electrons. The molecular weight excluding hydrogens is 373 g/mol. The summed E-state index contributed by atoms with van der Waals surface area (Å²) in [5.74, 6) is -0.558. The monoisotopic (exact) mass is 401 g/mol. The van der Waals surface area contributed by atoms with Gasteiger partial charge in [0.1, 0.15) is 18.5 Å². The van der Waals surface area contributed by atoms with E-state index in [9.17, 15) is 14.0 Å². The summed E-state index contributed by atoms with van der Waals surface area (Å²) in [7, 11) is 1.46. The molecule has 0 N–H and O–H groups in total. The Morgan fingerprint density at radius 1 is 1.21 bits per heavy atom. The van der Waals surface area contributed by atoms with Gasteiger partial charge in [0.15, 0.2) is 0 Å². The van der Waals surface area contributed by atoms with Crippen molar-refractivity contribution in [3.8, 4) is 0 Å². The molecule has 1 unspecified atom stereocenters. The number of halogens is 1. The van der Waals surface area contributed by atoms with Gasteiger partial charge in [0.25, 0.3) is 0 Å². The van der Waals surface area contributed by atoms with Gasteiger partial charge in [-0.05, 0) is 24.1 Å². The zero-order chi connectivity index (χ0) is 21.0. The number of fused-ring (bicyclic) bond motifs is 1. The van der Waals surface area contributed by atoms with Crippen molar-refractivity contribution in [3.63, 3.8) is 0 Å². The Hall–Kier alpha value is -2.67. The quantitative estimate of drug-likeness (QED) is 0.717. The fourth-order valence-corrected chi connectivity index (χ4v) is 3.84. The number of hydrogen-bond donors (Lipinski definition) is 0. The zero-order valence-corrected chi connectivity index (χ0v) is 17.2. The van der Waals surface area contributed by atoms with E-state index in [0.29, 0.717) is 25.2 Å². The number of benzene rings is 1. The van der Waals surface area contributed by atoms with Crippen LogP contribution in [0.4, 0.5) is 4.39 Å². The molecule has 29 heavy (non-hydrogen) atoms. The predicted octanol–water partition coefficient (Wildman–Crippen LogP) is 2.69. The molecule has 2 heterocycles. The lowest BCUT2D eigenvalue weighted by Gasteiger charge is -2.38. The molecule has 2 aromatic rings. The molecule has 7 heteroatoms. The van der Waals surface area contributed by atoms with Gasteiger partial charge in [-0.2, -0.15) is 0 Å². The fourth-order valence-electron chi connectivity index (χ4n) is 3.84. The molecule has 0 bridgehead atoms. The maximum absolute atomic E-state index is 14.6. The standard InChI is InChI=1S/C22H28FN3O3/c1-16(2)13-25(21(28)15-29-3)14-20(27)26-12-11-24-10-6-9-19(24)22(26)17-7-4-5-8-18(17)23/h4-10,16,22H,11-15H2,1-3H3. The van der Waals surface area contributed by atoms with Crippen molar-refractivity contribution in [1.29, 1.82) is 0 Å². The second-order valence-electron chi connectivity index (χ2n) is 7.74. The van der Waals surface area contributed by atoms with Crippen LogP contribution in [0.25, 0.3) is 0 Å². The number of aromatic nitrogens is 1. The van der Waals surface area contributed by atoms with Crippen LogP contribution in [0, 0.1) is 11.7 Å². The number of carbonyl (C=O) groups is 2. The summed E-state index contributed by atoms with van der Waals surface area (Å²) in [5.41, 5.74) is 1.33. The predicted molar refractivity (Wildman–Crippen MR) is 108 cm³/mol. The third-order valence-electron chi connectivity index (χ3n) is 5.09. The van der Waals surface area contributed by atoms with Gasteiger partial charge in [-0.15, -0.1) is 0 Å². The SMILES string of the molecule is COCC(=O)N(CC(=O)N1CCn2cccc2C1c1ccccc1F)CC(C)C. The number of hydrogen-bond acceptors (Lipinski definition) is 3. The molecule has 1 aromatic heterocycles. The molecule has 0 aliphatic carbocycles. The zero-order valence-electron chi connectivity index (χ0n) is 17.2. The van der Waals surface area contributed by atoms with Gasteiger partial charge in [-0.25, -0.2) is 4.39 Å². The van der Waals surface area contributed by atoms with E-state index in [2.05, 4.69) is 0 Å². The van der Waals surface area contributed by atoms with E-state index in [-0.39, 0.29) is 36.7 Å². The molecule has 1 aliphatic rings. The van der Waals surface area contributed by atoms with Crippen molar-refractivity contribution < 1.29 is 18.7 Å². The summed E-state index contributed by atoms with van der Waals surface area (Å²) in [6.45, 7) is 5.41. The van der Waals surface area contributed by atoms with E-state index in [1.165, 1.54) is 18.1 Å². The van der Waals surface area contributed by atoms with Gasteiger partial charge in [0, 0.05) is 44.2 Å². The summed E-state index contributed by atoms with van der Waals surface area (Å²) in [4.78, 5) is 28.9. The van der Waals surface area contributed by atoms with Gasteiger partial charge in [-0.1, -0.05) is 32.0 Å². The molecule has 3 rings (SSSR count). The Labute approximate surface area is 170 Å². The van der Waals surface area contributed by atoms with Crippen molar-refractivity contribution in [2.24, 2.45) is 5.92 Å². The lowest BCUT2D eigenvalue weighted by atomic mass is 9.99. The molecule has 0 saturated heterocycles. The number of nitrogens with zero attached hydrogens (tertiary/aromatic N) is 3. The third-order valence-corrected chi connectivity index (χ3v) is 5.09. The van der Waals surface area contributed by atoms with Crippen LogP contribution < -0.4 is 0 Å². The molecule has 6 nitrogen and oxygen atoms in total. The van der Waals surface area contributed by atoms with Gasteiger partial charge in [0.05, 0.1) is 6.54 Å². The van der Waals surface area contributed by atoms with E-state index in [1.54, 1.807) is 23.1 Å². The van der Waals surface area contributed by atoms with Gasteiger partial charge >= 0.3 is 0 Å². The Morgan fingerprint density at radius 2 is 1.97 bits per heavy atom. The maximum atomic E-state index is 14.6. The molecule has 156 valence electrons. The summed E-state index contributed by atoms with van der Waals surface area (Å²) in [6, 6.07) is 9.84. The normalized spacial score (nSPS) is 16.0. The Balaban J connectivity index is 1.90. The first-order valence-corrected chi connectivity index (χ1v) is 9.88. The average Bonchev–Trinajstić information content (AvgIpc) is 3.16. The van der Waals surface area contributed by atoms with E-state index < -0.39 is 6.04 Å². The van der Waals surface area contributed by atoms with Gasteiger partial charge in [0.2, 0.25) is 11.8 Å². The minimum atomic E-state index is -0.522. The highest BCUT2D eigenvalue weighted by molar-refractivity contribution is 5.86. The number of methoxy groups -OCH3 is 1. The number of amides is 2. The van der Waals surface area contributed by atoms with Crippen molar-refractivity contribution in [3.05, 3.63) is 59.7 Å².